The molecule has 0 aliphatic rings. The molecule has 2 amide bonds. The van der Waals surface area contributed by atoms with Crippen LogP contribution < -0.4 is 20.2 Å². The molecule has 0 atom stereocenters. The number of ether oxygens (including phenoxy) is 2. The van der Waals surface area contributed by atoms with Crippen molar-refractivity contribution in [3.05, 3.63) is 88.5 Å². The number of nitrogens with zero attached hydrogens (tertiary/aromatic N) is 1. The van der Waals surface area contributed by atoms with Crippen LogP contribution in [0.3, 0.4) is 0 Å². The molecule has 0 unspecified atom stereocenters. The van der Waals surface area contributed by atoms with Gasteiger partial charge in [-0.05, 0) is 73.9 Å². The average Bonchev–Trinajstić information content (AvgIpc) is 2.80. The number of anilines is 1. The maximum atomic E-state index is 12.3. The van der Waals surface area contributed by atoms with Crippen molar-refractivity contribution in [3.8, 4) is 11.5 Å². The number of carbonyl (C=O) groups excluding carboxylic acids is 2. The van der Waals surface area contributed by atoms with Crippen LogP contribution >= 0.6 is 0 Å². The van der Waals surface area contributed by atoms with Crippen molar-refractivity contribution >= 4 is 23.7 Å². The van der Waals surface area contributed by atoms with Gasteiger partial charge in [0.25, 0.3) is 11.8 Å². The number of amides is 2. The molecule has 3 rings (SSSR count). The maximum Gasteiger partial charge on any atom is 0.271 e. The molecular formula is C26H27N3O4. The maximum absolute atomic E-state index is 12.3. The summed E-state index contributed by atoms with van der Waals surface area (Å²) in [6.07, 6.45) is 1.51. The zero-order chi connectivity index (χ0) is 23.8. The van der Waals surface area contributed by atoms with Gasteiger partial charge in [0.2, 0.25) is 0 Å². The van der Waals surface area contributed by atoms with Gasteiger partial charge >= 0.3 is 0 Å². The second-order valence-corrected chi connectivity index (χ2v) is 7.63. The van der Waals surface area contributed by atoms with Crippen molar-refractivity contribution in [2.75, 3.05) is 19.0 Å². The molecule has 0 fully saturated rings. The fraction of sp³-hybridized carbons (Fsp3) is 0.192. The predicted octanol–water partition coefficient (Wildman–Crippen LogP) is 4.40. The lowest BCUT2D eigenvalue weighted by molar-refractivity contribution is -0.118. The average molecular weight is 446 g/mol. The van der Waals surface area contributed by atoms with Crippen LogP contribution in [-0.2, 0) is 4.79 Å². The van der Waals surface area contributed by atoms with E-state index in [2.05, 4.69) is 15.8 Å². The molecule has 0 aliphatic carbocycles. The summed E-state index contributed by atoms with van der Waals surface area (Å²) in [7, 11) is 1.51. The first-order valence-electron chi connectivity index (χ1n) is 10.4. The van der Waals surface area contributed by atoms with Crippen LogP contribution in [0, 0.1) is 20.8 Å². The molecule has 7 heteroatoms. The van der Waals surface area contributed by atoms with Gasteiger partial charge in [0.05, 0.1) is 13.3 Å². The Balaban J connectivity index is 1.58. The largest absolute Gasteiger partial charge is 0.493 e. The molecule has 0 spiro atoms. The van der Waals surface area contributed by atoms with Crippen LogP contribution in [0.15, 0.2) is 65.8 Å². The Hall–Kier alpha value is -4.13. The molecule has 33 heavy (non-hydrogen) atoms. The Morgan fingerprint density at radius 1 is 0.909 bits per heavy atom. The van der Waals surface area contributed by atoms with Crippen molar-refractivity contribution in [1.82, 2.24) is 5.43 Å². The quantitative estimate of drug-likeness (QED) is 0.397. The molecule has 0 bridgehead atoms. The molecule has 0 aromatic heterocycles. The number of hydrogen-bond donors (Lipinski definition) is 2. The van der Waals surface area contributed by atoms with Crippen molar-refractivity contribution in [2.45, 2.75) is 20.8 Å². The van der Waals surface area contributed by atoms with E-state index in [1.54, 1.807) is 30.3 Å². The van der Waals surface area contributed by atoms with Crippen molar-refractivity contribution < 1.29 is 19.1 Å². The van der Waals surface area contributed by atoms with E-state index < -0.39 is 0 Å². The lowest BCUT2D eigenvalue weighted by Gasteiger charge is -2.12. The fourth-order valence-corrected chi connectivity index (χ4v) is 3.02. The summed E-state index contributed by atoms with van der Waals surface area (Å²) in [5.74, 6) is 0.307. The first-order chi connectivity index (χ1) is 15.9. The zero-order valence-electron chi connectivity index (χ0n) is 19.1. The molecule has 0 aliphatic heterocycles. The van der Waals surface area contributed by atoms with Crippen molar-refractivity contribution in [2.24, 2.45) is 5.10 Å². The summed E-state index contributed by atoms with van der Waals surface area (Å²) in [5.41, 5.74) is 7.59. The van der Waals surface area contributed by atoms with E-state index in [-0.39, 0.29) is 18.4 Å². The van der Waals surface area contributed by atoms with E-state index >= 15 is 0 Å². The van der Waals surface area contributed by atoms with Gasteiger partial charge in [-0.3, -0.25) is 9.59 Å². The van der Waals surface area contributed by atoms with Gasteiger partial charge in [-0.15, -0.1) is 0 Å². The van der Waals surface area contributed by atoms with Crippen LogP contribution in [0.1, 0.15) is 32.6 Å². The highest BCUT2D eigenvalue weighted by Gasteiger charge is 2.10. The number of benzene rings is 3. The highest BCUT2D eigenvalue weighted by molar-refractivity contribution is 5.95. The number of rotatable bonds is 8. The first-order valence-corrected chi connectivity index (χ1v) is 10.4. The predicted molar refractivity (Wildman–Crippen MR) is 129 cm³/mol. The topological polar surface area (TPSA) is 89.0 Å². The van der Waals surface area contributed by atoms with Crippen LogP contribution in [0.2, 0.25) is 0 Å². The van der Waals surface area contributed by atoms with E-state index in [0.29, 0.717) is 22.6 Å². The third kappa shape index (κ3) is 6.67. The molecule has 170 valence electrons. The molecular weight excluding hydrogens is 418 g/mol. The number of hydrogen-bond acceptors (Lipinski definition) is 5. The highest BCUT2D eigenvalue weighted by atomic mass is 16.5. The number of nitrogens with one attached hydrogen (secondary N) is 2. The summed E-state index contributed by atoms with van der Waals surface area (Å²) >= 11 is 0. The highest BCUT2D eigenvalue weighted by Crippen LogP contribution is 2.27. The van der Waals surface area contributed by atoms with Gasteiger partial charge in [0, 0.05) is 11.3 Å². The molecule has 7 nitrogen and oxygen atoms in total. The van der Waals surface area contributed by atoms with E-state index in [4.69, 9.17) is 9.47 Å². The minimum absolute atomic E-state index is 0.163. The van der Waals surface area contributed by atoms with Gasteiger partial charge in [-0.25, -0.2) is 5.43 Å². The second-order valence-electron chi connectivity index (χ2n) is 7.63. The van der Waals surface area contributed by atoms with Gasteiger partial charge < -0.3 is 14.8 Å². The van der Waals surface area contributed by atoms with Gasteiger partial charge in [-0.1, -0.05) is 29.8 Å². The minimum Gasteiger partial charge on any atom is -0.493 e. The van der Waals surface area contributed by atoms with E-state index in [1.807, 2.05) is 51.1 Å². The zero-order valence-corrected chi connectivity index (χ0v) is 19.1. The van der Waals surface area contributed by atoms with E-state index in [1.165, 1.54) is 13.3 Å². The summed E-state index contributed by atoms with van der Waals surface area (Å²) in [4.78, 5) is 24.5. The fourth-order valence-electron chi connectivity index (χ4n) is 3.02. The van der Waals surface area contributed by atoms with Crippen LogP contribution in [0.4, 0.5) is 5.69 Å². The van der Waals surface area contributed by atoms with Crippen LogP contribution in [0.5, 0.6) is 11.5 Å². The Labute approximate surface area is 193 Å². The third-order valence-corrected chi connectivity index (χ3v) is 4.91. The third-order valence-electron chi connectivity index (χ3n) is 4.91. The SMILES string of the molecule is COc1cc(/C=N/NC(=O)c2ccc(C)cc2)ccc1OCC(=O)Nc1cc(C)ccc1C. The van der Waals surface area contributed by atoms with Gasteiger partial charge in [0.1, 0.15) is 0 Å². The van der Waals surface area contributed by atoms with Crippen molar-refractivity contribution in [1.29, 1.82) is 0 Å². The standard InChI is InChI=1S/C26H27N3O4/c1-17-6-10-21(11-7-17)26(31)29-27-15-20-9-12-23(24(14-20)32-4)33-16-25(30)28-22-13-18(2)5-8-19(22)3/h5-15H,16H2,1-4H3,(H,28,30)(H,29,31)/b27-15+. The summed E-state index contributed by atoms with van der Waals surface area (Å²) in [6, 6.07) is 18.2. The number of carbonyl (C=O) groups is 2. The number of hydrazone groups is 1. The van der Waals surface area contributed by atoms with Gasteiger partial charge in [0.15, 0.2) is 18.1 Å². The molecule has 0 saturated carbocycles. The Bertz CT molecular complexity index is 1170. The first kappa shape index (κ1) is 23.5. The smallest absolute Gasteiger partial charge is 0.271 e. The minimum atomic E-state index is -0.298. The molecule has 0 radical (unpaired) electrons. The second kappa shape index (κ2) is 10.9. The van der Waals surface area contributed by atoms with Crippen LogP contribution in [0.25, 0.3) is 0 Å². The molecule has 0 saturated heterocycles. The molecule has 0 heterocycles. The van der Waals surface area contributed by atoms with E-state index in [9.17, 15) is 9.59 Å². The number of methoxy groups -OCH3 is 1. The monoisotopic (exact) mass is 445 g/mol. The summed E-state index contributed by atoms with van der Waals surface area (Å²) in [6.45, 7) is 5.69. The lowest BCUT2D eigenvalue weighted by Crippen LogP contribution is -2.21. The Morgan fingerprint density at radius 2 is 1.64 bits per heavy atom. The Kier molecular flexibility index (Phi) is 7.81. The summed E-state index contributed by atoms with van der Waals surface area (Å²) in [5, 5.41) is 6.86. The normalized spacial score (nSPS) is 10.7. The number of aryl methyl sites for hydroxylation is 3. The van der Waals surface area contributed by atoms with Crippen LogP contribution in [-0.4, -0.2) is 31.7 Å². The van der Waals surface area contributed by atoms with Crippen molar-refractivity contribution in [3.63, 3.8) is 0 Å². The lowest BCUT2D eigenvalue weighted by atomic mass is 10.1. The molecule has 3 aromatic rings. The molecule has 2 N–H and O–H groups in total. The summed E-state index contributed by atoms with van der Waals surface area (Å²) < 4.78 is 11.0. The Morgan fingerprint density at radius 3 is 2.36 bits per heavy atom. The molecule has 3 aromatic carbocycles. The van der Waals surface area contributed by atoms with Gasteiger partial charge in [-0.2, -0.15) is 5.10 Å². The van der Waals surface area contributed by atoms with E-state index in [0.717, 1.165) is 22.4 Å².